The number of nitrogens with zero attached hydrogens (tertiary/aromatic N) is 2. The molecule has 0 saturated heterocycles. The van der Waals surface area contributed by atoms with Crippen LogP contribution in [0.2, 0.25) is 0 Å². The van der Waals surface area contributed by atoms with E-state index in [9.17, 15) is 18.0 Å². The third kappa shape index (κ3) is 3.89. The molecule has 0 aliphatic rings. The Balaban J connectivity index is 1.78. The molecule has 0 spiro atoms. The van der Waals surface area contributed by atoms with Gasteiger partial charge >= 0.3 is 0 Å². The van der Waals surface area contributed by atoms with E-state index in [1.165, 1.54) is 65.3 Å². The van der Waals surface area contributed by atoms with Crippen LogP contribution in [-0.2, 0) is 0 Å². The highest BCUT2D eigenvalue weighted by Gasteiger charge is 2.19. The molecule has 0 unspecified atom stereocenters. The molecule has 1 amide bonds. The van der Waals surface area contributed by atoms with Crippen molar-refractivity contribution in [1.82, 2.24) is 9.78 Å². The summed E-state index contributed by atoms with van der Waals surface area (Å²) in [5.41, 5.74) is 1.40. The largest absolute Gasteiger partial charge is 0.321 e. The molecule has 0 aliphatic heterocycles. The molecule has 0 saturated carbocycles. The fourth-order valence-electron chi connectivity index (χ4n) is 2.85. The van der Waals surface area contributed by atoms with Crippen LogP contribution < -0.4 is 5.32 Å². The number of anilines is 1. The van der Waals surface area contributed by atoms with Crippen LogP contribution in [0.4, 0.5) is 18.9 Å². The maximum absolute atomic E-state index is 14.2. The molecule has 1 heterocycles. The molecule has 1 aromatic heterocycles. The fourth-order valence-corrected chi connectivity index (χ4v) is 2.85. The second-order valence-electron chi connectivity index (χ2n) is 6.24. The van der Waals surface area contributed by atoms with Gasteiger partial charge in [-0.05, 0) is 66.7 Å². The molecule has 7 heteroatoms. The number of hydrogen-bond acceptors (Lipinski definition) is 2. The lowest BCUT2D eigenvalue weighted by molar-refractivity contribution is 0.101. The van der Waals surface area contributed by atoms with Crippen molar-refractivity contribution in [3.8, 4) is 16.9 Å². The van der Waals surface area contributed by atoms with Gasteiger partial charge in [0.25, 0.3) is 5.91 Å². The van der Waals surface area contributed by atoms with E-state index < -0.39 is 23.4 Å². The van der Waals surface area contributed by atoms with Crippen molar-refractivity contribution in [3.63, 3.8) is 0 Å². The Kier molecular flexibility index (Phi) is 4.87. The average Bonchev–Trinajstić information content (AvgIpc) is 3.16. The zero-order valence-corrected chi connectivity index (χ0v) is 14.9. The summed E-state index contributed by atoms with van der Waals surface area (Å²) in [6.07, 6.45) is 0. The van der Waals surface area contributed by atoms with Crippen molar-refractivity contribution in [2.24, 2.45) is 0 Å². The average molecular weight is 393 g/mol. The van der Waals surface area contributed by atoms with Crippen molar-refractivity contribution < 1.29 is 18.0 Å². The number of nitrogens with one attached hydrogen (secondary N) is 1. The van der Waals surface area contributed by atoms with E-state index in [1.54, 1.807) is 18.2 Å². The summed E-state index contributed by atoms with van der Waals surface area (Å²) in [4.78, 5) is 12.9. The number of carbonyl (C=O) groups is 1. The Bertz CT molecular complexity index is 1170. The number of hydrogen-bond donors (Lipinski definition) is 1. The minimum absolute atomic E-state index is 0.110. The van der Waals surface area contributed by atoms with E-state index in [-0.39, 0.29) is 17.0 Å². The first-order chi connectivity index (χ1) is 14.0. The molecular formula is C22H14F3N3O. The van der Waals surface area contributed by atoms with Crippen LogP contribution in [0.25, 0.3) is 16.9 Å². The van der Waals surface area contributed by atoms with Crippen molar-refractivity contribution in [2.75, 3.05) is 5.32 Å². The molecule has 0 fully saturated rings. The monoisotopic (exact) mass is 393 g/mol. The summed E-state index contributed by atoms with van der Waals surface area (Å²) in [7, 11) is 0. The lowest BCUT2D eigenvalue weighted by Crippen LogP contribution is -2.17. The van der Waals surface area contributed by atoms with Crippen LogP contribution in [0.5, 0.6) is 0 Å². The number of rotatable bonds is 4. The van der Waals surface area contributed by atoms with E-state index in [2.05, 4.69) is 10.4 Å². The van der Waals surface area contributed by atoms with Crippen molar-refractivity contribution in [3.05, 3.63) is 102 Å². The van der Waals surface area contributed by atoms with Crippen molar-refractivity contribution >= 4 is 11.6 Å². The van der Waals surface area contributed by atoms with Gasteiger partial charge in [-0.25, -0.2) is 17.9 Å². The van der Waals surface area contributed by atoms with Gasteiger partial charge in [0, 0.05) is 11.3 Å². The van der Waals surface area contributed by atoms with Crippen molar-refractivity contribution in [2.45, 2.75) is 0 Å². The van der Waals surface area contributed by atoms with Crippen LogP contribution in [0.15, 0.2) is 78.9 Å². The molecule has 0 atom stereocenters. The minimum atomic E-state index is -0.531. The van der Waals surface area contributed by atoms with Crippen LogP contribution in [0.3, 0.4) is 0 Å². The van der Waals surface area contributed by atoms with Gasteiger partial charge in [0.1, 0.15) is 23.1 Å². The zero-order valence-electron chi connectivity index (χ0n) is 14.9. The molecule has 144 valence electrons. The molecule has 4 rings (SSSR count). The molecule has 1 N–H and O–H groups in total. The number of halogens is 3. The van der Waals surface area contributed by atoms with Crippen molar-refractivity contribution in [1.29, 1.82) is 0 Å². The molecule has 0 aliphatic carbocycles. The van der Waals surface area contributed by atoms with Crippen LogP contribution in [0.1, 0.15) is 10.5 Å². The van der Waals surface area contributed by atoms with Crippen LogP contribution >= 0.6 is 0 Å². The number of carbonyl (C=O) groups excluding carboxylic acids is 1. The maximum Gasteiger partial charge on any atom is 0.274 e. The first-order valence-corrected chi connectivity index (χ1v) is 8.69. The van der Waals surface area contributed by atoms with Gasteiger partial charge in [-0.2, -0.15) is 5.10 Å². The number of benzene rings is 3. The predicted octanol–water partition coefficient (Wildman–Crippen LogP) is 5.21. The number of amides is 1. The Morgan fingerprint density at radius 2 is 1.45 bits per heavy atom. The highest BCUT2D eigenvalue weighted by molar-refractivity contribution is 6.04. The van der Waals surface area contributed by atoms with E-state index >= 15 is 0 Å². The minimum Gasteiger partial charge on any atom is -0.321 e. The second kappa shape index (κ2) is 7.63. The normalized spacial score (nSPS) is 10.7. The smallest absolute Gasteiger partial charge is 0.274 e. The Hall–Kier alpha value is -3.87. The van der Waals surface area contributed by atoms with Crippen LogP contribution in [-0.4, -0.2) is 15.7 Å². The third-order valence-electron chi connectivity index (χ3n) is 4.27. The molecule has 3 aromatic carbocycles. The van der Waals surface area contributed by atoms with Gasteiger partial charge in [-0.3, -0.25) is 4.79 Å². The fraction of sp³-hybridized carbons (Fsp3) is 0. The third-order valence-corrected chi connectivity index (χ3v) is 4.27. The summed E-state index contributed by atoms with van der Waals surface area (Å²) in [6.45, 7) is 0. The SMILES string of the molecule is O=C(Nc1ccc(F)cc1)c1cc(-c2ccccc2F)nn1-c1ccc(F)cc1. The molecule has 4 nitrogen and oxygen atoms in total. The lowest BCUT2D eigenvalue weighted by Gasteiger charge is -2.08. The Morgan fingerprint density at radius 3 is 2.10 bits per heavy atom. The lowest BCUT2D eigenvalue weighted by atomic mass is 10.1. The maximum atomic E-state index is 14.2. The van der Waals surface area contributed by atoms with Gasteiger partial charge in [-0.1, -0.05) is 12.1 Å². The second-order valence-corrected chi connectivity index (χ2v) is 6.24. The summed E-state index contributed by atoms with van der Waals surface area (Å²) < 4.78 is 41.9. The molecule has 4 aromatic rings. The van der Waals surface area contributed by atoms with Gasteiger partial charge in [-0.15, -0.1) is 0 Å². The Labute approximate surface area is 164 Å². The predicted molar refractivity (Wildman–Crippen MR) is 103 cm³/mol. The van der Waals surface area contributed by atoms with Gasteiger partial charge in [0.2, 0.25) is 0 Å². The Morgan fingerprint density at radius 1 is 0.828 bits per heavy atom. The van der Waals surface area contributed by atoms with E-state index in [1.807, 2.05) is 0 Å². The topological polar surface area (TPSA) is 46.9 Å². The van der Waals surface area contributed by atoms with E-state index in [4.69, 9.17) is 0 Å². The van der Waals surface area contributed by atoms with Gasteiger partial charge in [0.05, 0.1) is 11.4 Å². The summed E-state index contributed by atoms with van der Waals surface area (Å²) in [6, 6.07) is 18.2. The standard InChI is InChI=1S/C22H14F3N3O/c23-14-5-9-16(10-6-14)26-22(29)21-13-20(18-3-1-2-4-19(18)25)27-28(21)17-11-7-15(24)8-12-17/h1-13H,(H,26,29). The van der Waals surface area contributed by atoms with E-state index in [0.717, 1.165) is 0 Å². The first-order valence-electron chi connectivity index (χ1n) is 8.69. The first kappa shape index (κ1) is 18.5. The summed E-state index contributed by atoms with van der Waals surface area (Å²) in [5.74, 6) is -1.88. The summed E-state index contributed by atoms with van der Waals surface area (Å²) >= 11 is 0. The molecule has 29 heavy (non-hydrogen) atoms. The molecule has 0 bridgehead atoms. The highest BCUT2D eigenvalue weighted by atomic mass is 19.1. The number of aromatic nitrogens is 2. The van der Waals surface area contributed by atoms with E-state index in [0.29, 0.717) is 11.4 Å². The van der Waals surface area contributed by atoms with Crippen LogP contribution in [0, 0.1) is 17.5 Å². The quantitative estimate of drug-likeness (QED) is 0.517. The highest BCUT2D eigenvalue weighted by Crippen LogP contribution is 2.25. The van der Waals surface area contributed by atoms with Gasteiger partial charge < -0.3 is 5.32 Å². The molecular weight excluding hydrogens is 379 g/mol. The molecule has 0 radical (unpaired) electrons. The summed E-state index contributed by atoms with van der Waals surface area (Å²) in [5, 5.41) is 7.00. The van der Waals surface area contributed by atoms with Gasteiger partial charge in [0.15, 0.2) is 0 Å². The zero-order chi connectivity index (χ0) is 20.4.